The summed E-state index contributed by atoms with van der Waals surface area (Å²) in [6.07, 6.45) is 3.45. The monoisotopic (exact) mass is 432 g/mol. The van der Waals surface area contributed by atoms with Crippen LogP contribution in [0.25, 0.3) is 22.2 Å². The minimum Gasteiger partial charge on any atom is -0.363 e. The van der Waals surface area contributed by atoms with Crippen LogP contribution in [0.1, 0.15) is 11.1 Å². The second kappa shape index (κ2) is 8.71. The lowest BCUT2D eigenvalue weighted by molar-refractivity contribution is 0.484. The highest BCUT2D eigenvalue weighted by molar-refractivity contribution is 7.56. The minimum absolute atomic E-state index is 0.129. The summed E-state index contributed by atoms with van der Waals surface area (Å²) >= 11 is 0. The second-order valence-electron chi connectivity index (χ2n) is 7.33. The molecule has 0 fully saturated rings. The molecule has 0 aliphatic carbocycles. The molecule has 156 valence electrons. The second-order valence-corrected chi connectivity index (χ2v) is 9.75. The van der Waals surface area contributed by atoms with Crippen molar-refractivity contribution in [2.24, 2.45) is 5.11 Å². The summed E-state index contributed by atoms with van der Waals surface area (Å²) in [5.41, 5.74) is 11.6. The van der Waals surface area contributed by atoms with Gasteiger partial charge in [-0.25, -0.2) is 15.5 Å². The minimum atomic E-state index is -3.12. The van der Waals surface area contributed by atoms with Gasteiger partial charge in [0.15, 0.2) is 5.82 Å². The first-order chi connectivity index (χ1) is 14.9. The van der Waals surface area contributed by atoms with Crippen LogP contribution in [-0.2, 0) is 17.3 Å². The molecule has 0 spiro atoms. The van der Waals surface area contributed by atoms with Crippen LogP contribution >= 0.6 is 7.37 Å². The molecule has 2 aromatic carbocycles. The lowest BCUT2D eigenvalue weighted by atomic mass is 10.1. The molecule has 0 radical (unpaired) electrons. The van der Waals surface area contributed by atoms with Gasteiger partial charge in [-0.2, -0.15) is 0 Å². The Labute approximate surface area is 179 Å². The standard InChI is InChI=1S/C22H21N6O2P/c1-31(29,30)14-15-4-7-17(8-5-15)20-13-26-22(28-23)21(27-20)25-12-16-6-9-19-18(11-16)3-2-10-24-19/h2-11,13,23H,12,14H2,1H3,(H,25,27)(H,29,30). The number of aromatic nitrogens is 3. The van der Waals surface area contributed by atoms with Crippen LogP contribution in [0.4, 0.5) is 11.6 Å². The number of fused-ring (bicyclic) bond motifs is 1. The quantitative estimate of drug-likeness (QED) is 0.266. The highest BCUT2D eigenvalue weighted by atomic mass is 31.2. The maximum atomic E-state index is 11.6. The molecular weight excluding hydrogens is 411 g/mol. The molecule has 0 saturated heterocycles. The Balaban J connectivity index is 1.55. The summed E-state index contributed by atoms with van der Waals surface area (Å²) in [6.45, 7) is 1.84. The van der Waals surface area contributed by atoms with Crippen LogP contribution in [0.3, 0.4) is 0 Å². The van der Waals surface area contributed by atoms with Gasteiger partial charge in [0.25, 0.3) is 0 Å². The highest BCUT2D eigenvalue weighted by Crippen LogP contribution is 2.39. The lowest BCUT2D eigenvalue weighted by Crippen LogP contribution is -2.03. The molecule has 1 unspecified atom stereocenters. The number of hydrogen-bond acceptors (Lipinski definition) is 7. The first kappa shape index (κ1) is 20.8. The van der Waals surface area contributed by atoms with Crippen molar-refractivity contribution in [3.05, 3.63) is 78.1 Å². The average Bonchev–Trinajstić information content (AvgIpc) is 2.77. The zero-order valence-corrected chi connectivity index (χ0v) is 17.8. The van der Waals surface area contributed by atoms with Crippen molar-refractivity contribution in [3.63, 3.8) is 0 Å². The predicted octanol–water partition coefficient (Wildman–Crippen LogP) is 5.37. The Morgan fingerprint density at radius 3 is 2.61 bits per heavy atom. The van der Waals surface area contributed by atoms with Gasteiger partial charge in [0.1, 0.15) is 0 Å². The number of benzene rings is 2. The summed E-state index contributed by atoms with van der Waals surface area (Å²) in [4.78, 5) is 22.7. The molecule has 1 atom stereocenters. The molecule has 8 nitrogen and oxygen atoms in total. The van der Waals surface area contributed by atoms with E-state index in [1.165, 1.54) is 6.66 Å². The molecule has 0 amide bonds. The fraction of sp³-hybridized carbons (Fsp3) is 0.136. The van der Waals surface area contributed by atoms with Gasteiger partial charge in [0.2, 0.25) is 13.2 Å². The van der Waals surface area contributed by atoms with Crippen LogP contribution in [0.5, 0.6) is 0 Å². The third kappa shape index (κ3) is 5.17. The summed E-state index contributed by atoms with van der Waals surface area (Å²) < 4.78 is 11.6. The van der Waals surface area contributed by atoms with E-state index in [4.69, 9.17) is 5.53 Å². The van der Waals surface area contributed by atoms with E-state index >= 15 is 0 Å². The molecule has 4 aromatic rings. The van der Waals surface area contributed by atoms with Crippen molar-refractivity contribution in [2.45, 2.75) is 12.7 Å². The van der Waals surface area contributed by atoms with Gasteiger partial charge < -0.3 is 10.2 Å². The summed E-state index contributed by atoms with van der Waals surface area (Å²) in [7, 11) is -3.12. The van der Waals surface area contributed by atoms with Crippen molar-refractivity contribution < 1.29 is 9.46 Å². The molecular formula is C22H21N6O2P. The Morgan fingerprint density at radius 2 is 1.87 bits per heavy atom. The van der Waals surface area contributed by atoms with E-state index in [1.54, 1.807) is 12.4 Å². The van der Waals surface area contributed by atoms with E-state index in [0.29, 0.717) is 18.1 Å². The first-order valence-electron chi connectivity index (χ1n) is 9.62. The van der Waals surface area contributed by atoms with Gasteiger partial charge in [-0.15, -0.1) is 5.11 Å². The van der Waals surface area contributed by atoms with Crippen molar-refractivity contribution in [1.82, 2.24) is 15.0 Å². The van der Waals surface area contributed by atoms with Crippen molar-refractivity contribution in [3.8, 4) is 11.3 Å². The molecule has 4 rings (SSSR count). The van der Waals surface area contributed by atoms with Crippen LogP contribution in [0.2, 0.25) is 0 Å². The zero-order valence-electron chi connectivity index (χ0n) is 16.9. The fourth-order valence-corrected chi connectivity index (χ4v) is 4.15. The lowest BCUT2D eigenvalue weighted by Gasteiger charge is -2.10. The maximum Gasteiger partial charge on any atom is 0.216 e. The molecule has 3 N–H and O–H groups in total. The maximum absolute atomic E-state index is 11.6. The van der Waals surface area contributed by atoms with Crippen LogP contribution in [-0.4, -0.2) is 26.5 Å². The Hall–Kier alpha value is -3.48. The Bertz CT molecular complexity index is 1290. The molecule has 0 aliphatic heterocycles. The van der Waals surface area contributed by atoms with Crippen LogP contribution in [0.15, 0.2) is 72.1 Å². The number of hydrogen-bond donors (Lipinski definition) is 3. The number of pyridine rings is 1. The van der Waals surface area contributed by atoms with E-state index in [9.17, 15) is 9.46 Å². The SMILES string of the molecule is CP(=O)(O)Cc1ccc(-c2cnc(N=N)c(NCc3ccc4ncccc4c3)n2)cc1. The molecule has 0 bridgehead atoms. The van der Waals surface area contributed by atoms with E-state index in [1.807, 2.05) is 48.5 Å². The summed E-state index contributed by atoms with van der Waals surface area (Å²) in [6, 6.07) is 17.2. The summed E-state index contributed by atoms with van der Waals surface area (Å²) in [5, 5.41) is 7.73. The van der Waals surface area contributed by atoms with E-state index in [0.717, 1.165) is 27.6 Å². The van der Waals surface area contributed by atoms with Gasteiger partial charge >= 0.3 is 0 Å². The van der Waals surface area contributed by atoms with Crippen molar-refractivity contribution in [1.29, 1.82) is 5.53 Å². The average molecular weight is 432 g/mol. The molecule has 0 aliphatic rings. The van der Waals surface area contributed by atoms with Gasteiger partial charge in [0, 0.05) is 36.5 Å². The largest absolute Gasteiger partial charge is 0.363 e. The Morgan fingerprint density at radius 1 is 1.10 bits per heavy atom. The molecule has 0 saturated carbocycles. The smallest absolute Gasteiger partial charge is 0.216 e. The molecule has 31 heavy (non-hydrogen) atoms. The van der Waals surface area contributed by atoms with Crippen LogP contribution in [0, 0.1) is 5.53 Å². The predicted molar refractivity (Wildman–Crippen MR) is 121 cm³/mol. The zero-order chi connectivity index (χ0) is 21.8. The van der Waals surface area contributed by atoms with Crippen LogP contribution < -0.4 is 5.32 Å². The number of nitrogens with zero attached hydrogens (tertiary/aromatic N) is 4. The molecule has 2 aromatic heterocycles. The molecule has 9 heteroatoms. The Kier molecular flexibility index (Phi) is 5.84. The van der Waals surface area contributed by atoms with Gasteiger partial charge in [-0.05, 0) is 29.3 Å². The molecule has 2 heterocycles. The first-order valence-corrected chi connectivity index (χ1v) is 11.9. The summed E-state index contributed by atoms with van der Waals surface area (Å²) in [5.74, 6) is 0.617. The third-order valence-corrected chi connectivity index (χ3v) is 5.66. The third-order valence-electron chi connectivity index (χ3n) is 4.71. The topological polar surface area (TPSA) is 124 Å². The highest BCUT2D eigenvalue weighted by Gasteiger charge is 2.12. The van der Waals surface area contributed by atoms with Gasteiger partial charge in [-0.3, -0.25) is 9.55 Å². The van der Waals surface area contributed by atoms with Crippen molar-refractivity contribution >= 4 is 29.9 Å². The van der Waals surface area contributed by atoms with Gasteiger partial charge in [-0.1, -0.05) is 36.4 Å². The fourth-order valence-electron chi connectivity index (χ4n) is 3.26. The van der Waals surface area contributed by atoms with Crippen molar-refractivity contribution in [2.75, 3.05) is 12.0 Å². The van der Waals surface area contributed by atoms with E-state index in [2.05, 4.69) is 31.4 Å². The number of rotatable bonds is 7. The van der Waals surface area contributed by atoms with Gasteiger partial charge in [0.05, 0.1) is 17.4 Å². The number of nitrogens with one attached hydrogen (secondary N) is 2. The normalized spacial score (nSPS) is 13.0. The number of anilines is 1. The van der Waals surface area contributed by atoms with E-state index in [-0.39, 0.29) is 12.0 Å². The van der Waals surface area contributed by atoms with E-state index < -0.39 is 7.37 Å².